The van der Waals surface area contributed by atoms with Crippen LogP contribution in [0.2, 0.25) is 0 Å². The number of hydrogen-bond acceptors (Lipinski definition) is 2. The fourth-order valence-corrected chi connectivity index (χ4v) is 2.18. The van der Waals surface area contributed by atoms with E-state index in [0.717, 1.165) is 12.0 Å². The standard InChI is InChI=1S/C19H22N2O2/c1-3-14(2)16-9-11-17(12-10-16)21-19(23)18(22)20-13-15-7-5-4-6-8-15/h4-12,14H,3,13H2,1-2H3,(H,20,22)(H,21,23)/t14-/m1/s1. The average Bonchev–Trinajstić information content (AvgIpc) is 2.60. The van der Waals surface area contributed by atoms with Crippen LogP contribution in [0, 0.1) is 0 Å². The summed E-state index contributed by atoms with van der Waals surface area (Å²) in [4.78, 5) is 23.7. The van der Waals surface area contributed by atoms with Gasteiger partial charge in [-0.2, -0.15) is 0 Å². The first-order chi connectivity index (χ1) is 11.1. The fraction of sp³-hybridized carbons (Fsp3) is 0.263. The second-order valence-corrected chi connectivity index (χ2v) is 5.55. The molecule has 1 atom stereocenters. The molecule has 120 valence electrons. The molecule has 0 aliphatic carbocycles. The molecule has 2 N–H and O–H groups in total. The van der Waals surface area contributed by atoms with Gasteiger partial charge in [-0.1, -0.05) is 56.3 Å². The predicted molar refractivity (Wildman–Crippen MR) is 92.1 cm³/mol. The monoisotopic (exact) mass is 310 g/mol. The Morgan fingerprint density at radius 2 is 1.61 bits per heavy atom. The van der Waals surface area contributed by atoms with Gasteiger partial charge in [-0.3, -0.25) is 9.59 Å². The zero-order valence-corrected chi connectivity index (χ0v) is 13.5. The van der Waals surface area contributed by atoms with E-state index in [1.54, 1.807) is 0 Å². The SMILES string of the molecule is CC[C@@H](C)c1ccc(NC(=O)C(=O)NCc2ccccc2)cc1. The van der Waals surface area contributed by atoms with Crippen LogP contribution >= 0.6 is 0 Å². The van der Waals surface area contributed by atoms with E-state index in [-0.39, 0.29) is 0 Å². The summed E-state index contributed by atoms with van der Waals surface area (Å²) in [5.41, 5.74) is 2.79. The summed E-state index contributed by atoms with van der Waals surface area (Å²) >= 11 is 0. The Labute approximate surface area is 136 Å². The van der Waals surface area contributed by atoms with Crippen LogP contribution in [0.4, 0.5) is 5.69 Å². The lowest BCUT2D eigenvalue weighted by molar-refractivity contribution is -0.136. The summed E-state index contributed by atoms with van der Waals surface area (Å²) in [7, 11) is 0. The van der Waals surface area contributed by atoms with Crippen molar-refractivity contribution in [2.75, 3.05) is 5.32 Å². The highest BCUT2D eigenvalue weighted by molar-refractivity contribution is 6.39. The minimum atomic E-state index is -0.655. The highest BCUT2D eigenvalue weighted by Gasteiger charge is 2.13. The molecule has 0 radical (unpaired) electrons. The van der Waals surface area contributed by atoms with Crippen LogP contribution in [0.1, 0.15) is 37.3 Å². The van der Waals surface area contributed by atoms with Crippen LogP contribution in [0.15, 0.2) is 54.6 Å². The molecular weight excluding hydrogens is 288 g/mol. The second-order valence-electron chi connectivity index (χ2n) is 5.55. The van der Waals surface area contributed by atoms with Crippen LogP contribution < -0.4 is 10.6 Å². The Bertz CT molecular complexity index is 651. The number of rotatable bonds is 5. The summed E-state index contributed by atoms with van der Waals surface area (Å²) in [5.74, 6) is -0.814. The first-order valence-electron chi connectivity index (χ1n) is 7.83. The van der Waals surface area contributed by atoms with Crippen molar-refractivity contribution in [3.63, 3.8) is 0 Å². The van der Waals surface area contributed by atoms with Gasteiger partial charge in [0.1, 0.15) is 0 Å². The van der Waals surface area contributed by atoms with E-state index >= 15 is 0 Å². The third-order valence-corrected chi connectivity index (χ3v) is 3.85. The molecule has 4 heteroatoms. The summed E-state index contributed by atoms with van der Waals surface area (Å²) in [6.45, 7) is 4.63. The summed E-state index contributed by atoms with van der Waals surface area (Å²) < 4.78 is 0. The minimum absolute atomic E-state index is 0.333. The summed E-state index contributed by atoms with van der Waals surface area (Å²) in [6, 6.07) is 17.1. The Kier molecular flexibility index (Phi) is 5.92. The molecule has 2 aromatic rings. The number of hydrogen-bond donors (Lipinski definition) is 2. The van der Waals surface area contributed by atoms with Gasteiger partial charge >= 0.3 is 11.8 Å². The smallest absolute Gasteiger partial charge is 0.313 e. The van der Waals surface area contributed by atoms with Crippen molar-refractivity contribution in [3.8, 4) is 0 Å². The Balaban J connectivity index is 1.87. The van der Waals surface area contributed by atoms with Gasteiger partial charge < -0.3 is 10.6 Å². The highest BCUT2D eigenvalue weighted by Crippen LogP contribution is 2.20. The van der Waals surface area contributed by atoms with Crippen molar-refractivity contribution in [3.05, 3.63) is 65.7 Å². The van der Waals surface area contributed by atoms with Crippen LogP contribution in [0.5, 0.6) is 0 Å². The molecule has 2 amide bonds. The average molecular weight is 310 g/mol. The van der Waals surface area contributed by atoms with Crippen molar-refractivity contribution < 1.29 is 9.59 Å². The van der Waals surface area contributed by atoms with Crippen LogP contribution in [0.3, 0.4) is 0 Å². The van der Waals surface area contributed by atoms with E-state index < -0.39 is 11.8 Å². The Morgan fingerprint density at radius 3 is 2.22 bits per heavy atom. The van der Waals surface area contributed by atoms with Crippen LogP contribution in [-0.2, 0) is 16.1 Å². The van der Waals surface area contributed by atoms with Gasteiger partial charge in [0.25, 0.3) is 0 Å². The zero-order valence-electron chi connectivity index (χ0n) is 13.5. The van der Waals surface area contributed by atoms with Crippen LogP contribution in [0.25, 0.3) is 0 Å². The molecule has 0 unspecified atom stereocenters. The highest BCUT2D eigenvalue weighted by atomic mass is 16.2. The predicted octanol–water partition coefficient (Wildman–Crippen LogP) is 3.46. The number of amides is 2. The van der Waals surface area contributed by atoms with E-state index in [1.807, 2.05) is 54.6 Å². The quantitative estimate of drug-likeness (QED) is 0.831. The Hall–Kier alpha value is -2.62. The fourth-order valence-electron chi connectivity index (χ4n) is 2.18. The van der Waals surface area contributed by atoms with Gasteiger partial charge in [-0.15, -0.1) is 0 Å². The molecule has 2 aromatic carbocycles. The van der Waals surface area contributed by atoms with E-state index in [9.17, 15) is 9.59 Å². The number of benzene rings is 2. The van der Waals surface area contributed by atoms with E-state index in [0.29, 0.717) is 18.2 Å². The molecule has 0 aliphatic heterocycles. The third-order valence-electron chi connectivity index (χ3n) is 3.85. The largest absolute Gasteiger partial charge is 0.344 e. The van der Waals surface area contributed by atoms with Gasteiger partial charge in [0.2, 0.25) is 0 Å². The molecule has 2 rings (SSSR count). The van der Waals surface area contributed by atoms with Gasteiger partial charge in [-0.25, -0.2) is 0 Å². The van der Waals surface area contributed by atoms with Crippen molar-refractivity contribution in [2.24, 2.45) is 0 Å². The molecule has 23 heavy (non-hydrogen) atoms. The lowest BCUT2D eigenvalue weighted by Gasteiger charge is -2.10. The molecule has 0 fully saturated rings. The molecule has 0 saturated heterocycles. The summed E-state index contributed by atoms with van der Waals surface area (Å²) in [5, 5.41) is 5.22. The van der Waals surface area contributed by atoms with E-state index in [4.69, 9.17) is 0 Å². The van der Waals surface area contributed by atoms with Gasteiger partial charge in [-0.05, 0) is 35.6 Å². The van der Waals surface area contributed by atoms with Crippen molar-refractivity contribution in [1.82, 2.24) is 5.32 Å². The maximum Gasteiger partial charge on any atom is 0.313 e. The molecule has 0 aliphatic rings. The second kappa shape index (κ2) is 8.13. The van der Waals surface area contributed by atoms with Gasteiger partial charge in [0.05, 0.1) is 0 Å². The first-order valence-corrected chi connectivity index (χ1v) is 7.83. The molecule has 0 heterocycles. The number of carbonyl (C=O) groups excluding carboxylic acids is 2. The maximum atomic E-state index is 11.9. The number of anilines is 1. The lowest BCUT2D eigenvalue weighted by Crippen LogP contribution is -2.34. The minimum Gasteiger partial charge on any atom is -0.344 e. The number of nitrogens with one attached hydrogen (secondary N) is 2. The number of carbonyl (C=O) groups is 2. The third kappa shape index (κ3) is 4.95. The zero-order chi connectivity index (χ0) is 16.7. The van der Waals surface area contributed by atoms with Crippen molar-refractivity contribution >= 4 is 17.5 Å². The molecule has 4 nitrogen and oxygen atoms in total. The molecule has 0 aromatic heterocycles. The first kappa shape index (κ1) is 16.7. The van der Waals surface area contributed by atoms with E-state index in [2.05, 4.69) is 24.5 Å². The van der Waals surface area contributed by atoms with Gasteiger partial charge in [0.15, 0.2) is 0 Å². The summed E-state index contributed by atoms with van der Waals surface area (Å²) in [6.07, 6.45) is 1.06. The molecule has 0 bridgehead atoms. The van der Waals surface area contributed by atoms with Crippen LogP contribution in [-0.4, -0.2) is 11.8 Å². The lowest BCUT2D eigenvalue weighted by atomic mass is 9.99. The van der Waals surface area contributed by atoms with E-state index in [1.165, 1.54) is 5.56 Å². The van der Waals surface area contributed by atoms with Gasteiger partial charge in [0, 0.05) is 12.2 Å². The van der Waals surface area contributed by atoms with Crippen molar-refractivity contribution in [2.45, 2.75) is 32.7 Å². The topological polar surface area (TPSA) is 58.2 Å². The molecular formula is C19H22N2O2. The molecule has 0 spiro atoms. The maximum absolute atomic E-state index is 11.9. The molecule has 0 saturated carbocycles. The van der Waals surface area contributed by atoms with Crippen molar-refractivity contribution in [1.29, 1.82) is 0 Å². The normalized spacial score (nSPS) is 11.6. The Morgan fingerprint density at radius 1 is 0.957 bits per heavy atom.